The van der Waals surface area contributed by atoms with Crippen molar-refractivity contribution in [2.45, 2.75) is 18.6 Å². The molecule has 0 aromatic heterocycles. The van der Waals surface area contributed by atoms with Gasteiger partial charge in [0.05, 0.1) is 13.2 Å². The maximum atomic E-state index is 12.3. The molecule has 2 aliphatic rings. The van der Waals surface area contributed by atoms with Gasteiger partial charge in [0.2, 0.25) is 0 Å². The van der Waals surface area contributed by atoms with Crippen LogP contribution in [0.5, 0.6) is 0 Å². The fourth-order valence-electron chi connectivity index (χ4n) is 2.33. The van der Waals surface area contributed by atoms with Gasteiger partial charge >= 0.3 is 10.2 Å². The minimum absolute atomic E-state index is 0.0960. The number of hydrogen-bond donors (Lipinski definition) is 2. The Bertz CT molecular complexity index is 419. The lowest BCUT2D eigenvalue weighted by Crippen LogP contribution is -3.18. The third-order valence-electron chi connectivity index (χ3n) is 3.26. The molecule has 0 saturated carbocycles. The van der Waals surface area contributed by atoms with Gasteiger partial charge in [-0.15, -0.1) is 0 Å². The normalized spacial score (nSPS) is 34.6. The first-order valence-electron chi connectivity index (χ1n) is 5.75. The van der Waals surface area contributed by atoms with E-state index in [0.29, 0.717) is 13.2 Å². The van der Waals surface area contributed by atoms with E-state index in [0.717, 1.165) is 0 Å². The third-order valence-corrected chi connectivity index (χ3v) is 5.42. The summed E-state index contributed by atoms with van der Waals surface area (Å²) in [6, 6.07) is -1.21. The standard InChI is InChI=1S/C9H16N2O6S/c12-7-5-8(9(13)14)11(6-7)18(15,16)10-1-3-17-4-2-10/h7-8,12H,1-6H2,(H,13,14)/t7-,8+/m1/s1. The van der Waals surface area contributed by atoms with Crippen molar-refractivity contribution in [1.82, 2.24) is 4.31 Å². The second-order valence-corrected chi connectivity index (χ2v) is 6.44. The van der Waals surface area contributed by atoms with Crippen molar-refractivity contribution in [3.8, 4) is 0 Å². The Morgan fingerprint density at radius 3 is 2.56 bits per heavy atom. The number of hydrogen-bond acceptors (Lipinski definition) is 6. The van der Waals surface area contributed by atoms with Crippen LogP contribution in [-0.4, -0.2) is 68.8 Å². The van der Waals surface area contributed by atoms with Crippen molar-refractivity contribution < 1.29 is 32.5 Å². The number of carboxylic acids is 1. The summed E-state index contributed by atoms with van der Waals surface area (Å²) in [5, 5.41) is 20.4. The van der Waals surface area contributed by atoms with Crippen LogP contribution in [-0.2, 0) is 19.7 Å². The van der Waals surface area contributed by atoms with Gasteiger partial charge in [-0.25, -0.2) is 4.31 Å². The second-order valence-electron chi connectivity index (χ2n) is 4.45. The van der Waals surface area contributed by atoms with E-state index < -0.39 is 28.3 Å². The number of nitrogens with zero attached hydrogens (tertiary/aromatic N) is 1. The van der Waals surface area contributed by atoms with Crippen molar-refractivity contribution >= 4 is 16.2 Å². The van der Waals surface area contributed by atoms with E-state index in [1.54, 1.807) is 0 Å². The number of quaternary nitrogens is 1. The summed E-state index contributed by atoms with van der Waals surface area (Å²) in [4.78, 5) is 10.9. The lowest BCUT2D eigenvalue weighted by Gasteiger charge is -2.30. The van der Waals surface area contributed by atoms with Crippen LogP contribution in [0.15, 0.2) is 0 Å². The highest BCUT2D eigenvalue weighted by Crippen LogP contribution is 2.07. The molecule has 0 radical (unpaired) electrons. The number of morpholine rings is 1. The first-order valence-corrected chi connectivity index (χ1v) is 7.19. The molecule has 104 valence electrons. The average Bonchev–Trinajstić information content (AvgIpc) is 2.73. The number of carboxylic acid groups (broad SMARTS) is 1. The second kappa shape index (κ2) is 5.10. The summed E-state index contributed by atoms with van der Waals surface area (Å²) in [6.07, 6.45) is -1.03. The van der Waals surface area contributed by atoms with Crippen molar-refractivity contribution in [3.05, 3.63) is 0 Å². The zero-order valence-corrected chi connectivity index (χ0v) is 10.6. The Labute approximate surface area is 105 Å². The van der Waals surface area contributed by atoms with Crippen LogP contribution < -0.4 is 9.41 Å². The fraction of sp³-hybridized carbons (Fsp3) is 0.889. The highest BCUT2D eigenvalue weighted by atomic mass is 32.2. The molecule has 0 aliphatic carbocycles. The van der Waals surface area contributed by atoms with Crippen molar-refractivity contribution in [3.63, 3.8) is 0 Å². The van der Waals surface area contributed by atoms with Crippen molar-refractivity contribution in [1.29, 1.82) is 0 Å². The molecule has 0 aromatic rings. The molecule has 18 heavy (non-hydrogen) atoms. The molecule has 2 saturated heterocycles. The summed E-state index contributed by atoms with van der Waals surface area (Å²) < 4.78 is 30.7. The molecule has 2 aliphatic heterocycles. The summed E-state index contributed by atoms with van der Waals surface area (Å²) in [7, 11) is -3.80. The van der Waals surface area contributed by atoms with Gasteiger partial charge < -0.3 is 19.7 Å². The molecule has 2 rings (SSSR count). The Hall–Kier alpha value is -0.740. The molecule has 0 bridgehead atoms. The number of aliphatic hydroxyl groups excluding tert-OH is 1. The molecule has 0 amide bonds. The number of carbonyl (C=O) groups excluding carboxylic acids is 1. The van der Waals surface area contributed by atoms with Gasteiger partial charge in [0.25, 0.3) is 0 Å². The van der Waals surface area contributed by atoms with E-state index in [1.165, 1.54) is 4.31 Å². The predicted molar refractivity (Wildman–Crippen MR) is 56.6 cm³/mol. The number of nitrogens with one attached hydrogen (secondary N) is 1. The van der Waals surface area contributed by atoms with Crippen LogP contribution >= 0.6 is 0 Å². The van der Waals surface area contributed by atoms with Gasteiger partial charge in [0, 0.05) is 19.5 Å². The predicted octanol–water partition coefficient (Wildman–Crippen LogP) is -4.67. The molecule has 2 N–H and O–H groups in total. The maximum absolute atomic E-state index is 12.3. The monoisotopic (exact) mass is 280 g/mol. The first kappa shape index (κ1) is 13.7. The van der Waals surface area contributed by atoms with Gasteiger partial charge in [-0.05, 0) is 0 Å². The largest absolute Gasteiger partial charge is 0.544 e. The molecule has 8 nitrogen and oxygen atoms in total. The molecule has 9 heteroatoms. The Balaban J connectivity index is 2.20. The number of carbonyl (C=O) groups is 1. The minimum Gasteiger partial charge on any atom is -0.544 e. The van der Waals surface area contributed by atoms with Crippen LogP contribution in [0, 0.1) is 0 Å². The van der Waals surface area contributed by atoms with Gasteiger partial charge in [-0.3, -0.25) is 0 Å². The molecular formula is C9H16N2O6S. The summed E-state index contributed by atoms with van der Waals surface area (Å²) in [5.74, 6) is -1.45. The summed E-state index contributed by atoms with van der Waals surface area (Å²) in [6.45, 7) is 0.887. The smallest absolute Gasteiger partial charge is 0.371 e. The topological polar surface area (TPSA) is 111 Å². The van der Waals surface area contributed by atoms with E-state index in [-0.39, 0.29) is 30.4 Å². The fourth-order valence-corrected chi connectivity index (χ4v) is 4.24. The van der Waals surface area contributed by atoms with Gasteiger partial charge in [0.1, 0.15) is 24.7 Å². The van der Waals surface area contributed by atoms with E-state index >= 15 is 0 Å². The molecule has 0 spiro atoms. The minimum atomic E-state index is -3.80. The van der Waals surface area contributed by atoms with Gasteiger partial charge in [0.15, 0.2) is 0 Å². The van der Waals surface area contributed by atoms with E-state index in [4.69, 9.17) is 4.74 Å². The zero-order valence-electron chi connectivity index (χ0n) is 9.74. The van der Waals surface area contributed by atoms with Crippen LogP contribution in [0.25, 0.3) is 0 Å². The van der Waals surface area contributed by atoms with E-state index in [2.05, 4.69) is 0 Å². The van der Waals surface area contributed by atoms with Gasteiger partial charge in [-0.1, -0.05) is 0 Å². The lowest BCUT2D eigenvalue weighted by atomic mass is 10.2. The highest BCUT2D eigenvalue weighted by Gasteiger charge is 2.46. The quantitative estimate of drug-likeness (QED) is 0.537. The Morgan fingerprint density at radius 1 is 1.39 bits per heavy atom. The molecule has 2 fully saturated rings. The molecule has 2 heterocycles. The first-order chi connectivity index (χ1) is 8.43. The number of aliphatic carboxylic acids is 1. The Kier molecular flexibility index (Phi) is 3.87. The summed E-state index contributed by atoms with van der Waals surface area (Å²) >= 11 is 0. The third kappa shape index (κ3) is 2.50. The molecule has 1 unspecified atom stereocenters. The van der Waals surface area contributed by atoms with Crippen molar-refractivity contribution in [2.24, 2.45) is 0 Å². The summed E-state index contributed by atoms with van der Waals surface area (Å²) in [5.41, 5.74) is 0. The number of aliphatic hydroxyl groups is 1. The zero-order chi connectivity index (χ0) is 13.3. The number of rotatable bonds is 3. The SMILES string of the molecule is O=C([O-])[C@@H]1C[C@@H](O)C[NH+]1S(=O)(=O)N1CCOCC1. The number of ether oxygens (including phenoxy) is 1. The maximum Gasteiger partial charge on any atom is 0.371 e. The highest BCUT2D eigenvalue weighted by molar-refractivity contribution is 7.82. The van der Waals surface area contributed by atoms with Crippen LogP contribution in [0.4, 0.5) is 0 Å². The Morgan fingerprint density at radius 2 is 2.00 bits per heavy atom. The average molecular weight is 280 g/mol. The van der Waals surface area contributed by atoms with Crippen LogP contribution in [0.3, 0.4) is 0 Å². The molecule has 0 aromatic carbocycles. The molecular weight excluding hydrogens is 264 g/mol. The lowest BCUT2D eigenvalue weighted by molar-refractivity contribution is -0.779. The van der Waals surface area contributed by atoms with Gasteiger partial charge in [-0.2, -0.15) is 12.7 Å². The van der Waals surface area contributed by atoms with E-state index in [1.807, 2.05) is 0 Å². The van der Waals surface area contributed by atoms with Crippen LogP contribution in [0.1, 0.15) is 6.42 Å². The van der Waals surface area contributed by atoms with Crippen LogP contribution in [0.2, 0.25) is 0 Å². The molecule has 3 atom stereocenters. The van der Waals surface area contributed by atoms with Crippen molar-refractivity contribution in [2.75, 3.05) is 32.8 Å². The van der Waals surface area contributed by atoms with E-state index in [9.17, 15) is 23.4 Å².